The number of nitrogens with zero attached hydrogens (tertiary/aromatic N) is 1. The first-order valence-electron chi connectivity index (χ1n) is 6.54. The van der Waals surface area contributed by atoms with Crippen molar-refractivity contribution in [3.05, 3.63) is 54.2 Å². The molecule has 0 radical (unpaired) electrons. The fourth-order valence-electron chi connectivity index (χ4n) is 2.25. The summed E-state index contributed by atoms with van der Waals surface area (Å²) in [5.74, 6) is 0.709. The molecule has 20 heavy (non-hydrogen) atoms. The van der Waals surface area contributed by atoms with E-state index < -0.39 is 0 Å². The van der Waals surface area contributed by atoms with E-state index in [1.165, 1.54) is 0 Å². The van der Waals surface area contributed by atoms with Crippen molar-refractivity contribution in [3.63, 3.8) is 0 Å². The maximum atomic E-state index is 12.0. The number of hydrazine groups is 1. The number of rotatable bonds is 4. The number of hydrogen-bond acceptors (Lipinski definition) is 5. The van der Waals surface area contributed by atoms with Crippen molar-refractivity contribution in [3.8, 4) is 0 Å². The Bertz CT molecular complexity index is 556. The Labute approximate surface area is 116 Å². The van der Waals surface area contributed by atoms with Crippen LogP contribution in [0, 0.1) is 0 Å². The number of pyridine rings is 1. The van der Waals surface area contributed by atoms with Gasteiger partial charge in [-0.05, 0) is 36.2 Å². The lowest BCUT2D eigenvalue weighted by Crippen LogP contribution is -2.42. The summed E-state index contributed by atoms with van der Waals surface area (Å²) in [6, 6.07) is 7.40. The lowest BCUT2D eigenvalue weighted by atomic mass is 10.0. The maximum absolute atomic E-state index is 12.0. The van der Waals surface area contributed by atoms with Gasteiger partial charge >= 0.3 is 0 Å². The van der Waals surface area contributed by atoms with Crippen molar-refractivity contribution < 1.29 is 9.21 Å². The van der Waals surface area contributed by atoms with Crippen LogP contribution in [-0.2, 0) is 11.3 Å². The highest BCUT2D eigenvalue weighted by Crippen LogP contribution is 2.21. The van der Waals surface area contributed by atoms with Gasteiger partial charge in [-0.3, -0.25) is 9.78 Å². The smallest absolute Gasteiger partial charge is 0.238 e. The molecular formula is C14H16N4O2. The van der Waals surface area contributed by atoms with Crippen LogP contribution in [-0.4, -0.2) is 16.9 Å². The number of furan rings is 1. The Hall–Kier alpha value is -2.18. The fraction of sp³-hybridized carbons (Fsp3) is 0.286. The molecule has 1 aliphatic rings. The molecule has 6 nitrogen and oxygen atoms in total. The fourth-order valence-corrected chi connectivity index (χ4v) is 2.25. The lowest BCUT2D eigenvalue weighted by molar-refractivity contribution is -0.123. The minimum absolute atomic E-state index is 0.0366. The summed E-state index contributed by atoms with van der Waals surface area (Å²) < 4.78 is 5.18. The van der Waals surface area contributed by atoms with Gasteiger partial charge < -0.3 is 9.73 Å². The van der Waals surface area contributed by atoms with Crippen LogP contribution in [0.15, 0.2) is 47.3 Å². The molecule has 1 fully saturated rings. The molecule has 0 saturated carbocycles. The second-order valence-electron chi connectivity index (χ2n) is 4.71. The standard InChI is InChI=1S/C14H16N4O2/c19-14(16-9-11-2-1-7-20-11)13-8-12(17-18-13)10-3-5-15-6-4-10/h1-7,12-13,17-18H,8-9H2,(H,16,19). The largest absolute Gasteiger partial charge is 0.467 e. The van der Waals surface area contributed by atoms with Crippen LogP contribution in [0.5, 0.6) is 0 Å². The van der Waals surface area contributed by atoms with Gasteiger partial charge in [0, 0.05) is 18.4 Å². The summed E-state index contributed by atoms with van der Waals surface area (Å²) in [7, 11) is 0. The molecule has 0 spiro atoms. The summed E-state index contributed by atoms with van der Waals surface area (Å²) in [5.41, 5.74) is 7.28. The van der Waals surface area contributed by atoms with Crippen molar-refractivity contribution in [2.24, 2.45) is 0 Å². The van der Waals surface area contributed by atoms with Gasteiger partial charge in [-0.15, -0.1) is 0 Å². The first-order chi connectivity index (χ1) is 9.83. The molecule has 104 valence electrons. The van der Waals surface area contributed by atoms with Crippen molar-refractivity contribution in [1.82, 2.24) is 21.2 Å². The second-order valence-corrected chi connectivity index (χ2v) is 4.71. The highest BCUT2D eigenvalue weighted by molar-refractivity contribution is 5.82. The number of carbonyl (C=O) groups excluding carboxylic acids is 1. The number of amides is 1. The average Bonchev–Trinajstić information content (AvgIpc) is 3.17. The zero-order valence-corrected chi connectivity index (χ0v) is 10.9. The molecular weight excluding hydrogens is 256 g/mol. The highest BCUT2D eigenvalue weighted by atomic mass is 16.3. The van der Waals surface area contributed by atoms with E-state index in [0.29, 0.717) is 13.0 Å². The van der Waals surface area contributed by atoms with Crippen LogP contribution in [0.3, 0.4) is 0 Å². The highest BCUT2D eigenvalue weighted by Gasteiger charge is 2.29. The van der Waals surface area contributed by atoms with Crippen molar-refractivity contribution in [1.29, 1.82) is 0 Å². The van der Waals surface area contributed by atoms with Gasteiger partial charge in [0.05, 0.1) is 12.8 Å². The van der Waals surface area contributed by atoms with E-state index in [-0.39, 0.29) is 18.0 Å². The lowest BCUT2D eigenvalue weighted by Gasteiger charge is -2.09. The Morgan fingerprint density at radius 2 is 2.20 bits per heavy atom. The van der Waals surface area contributed by atoms with Crippen molar-refractivity contribution in [2.45, 2.75) is 25.0 Å². The first-order valence-corrected chi connectivity index (χ1v) is 6.54. The molecule has 2 aromatic heterocycles. The Morgan fingerprint density at radius 3 is 2.95 bits per heavy atom. The molecule has 2 unspecified atom stereocenters. The van der Waals surface area contributed by atoms with Gasteiger partial charge in [-0.2, -0.15) is 0 Å². The van der Waals surface area contributed by atoms with Crippen LogP contribution in [0.1, 0.15) is 23.8 Å². The molecule has 3 rings (SSSR count). The van der Waals surface area contributed by atoms with Crippen LogP contribution in [0.4, 0.5) is 0 Å². The maximum Gasteiger partial charge on any atom is 0.238 e. The van der Waals surface area contributed by atoms with E-state index in [0.717, 1.165) is 11.3 Å². The van der Waals surface area contributed by atoms with Gasteiger partial charge in [0.2, 0.25) is 5.91 Å². The summed E-state index contributed by atoms with van der Waals surface area (Å²) in [6.45, 7) is 0.407. The first kappa shape index (κ1) is 12.8. The summed E-state index contributed by atoms with van der Waals surface area (Å²) in [4.78, 5) is 16.0. The third-order valence-corrected chi connectivity index (χ3v) is 3.35. The van der Waals surface area contributed by atoms with Crippen molar-refractivity contribution >= 4 is 5.91 Å². The molecule has 3 heterocycles. The predicted molar refractivity (Wildman–Crippen MR) is 72.2 cm³/mol. The van der Waals surface area contributed by atoms with E-state index in [1.807, 2.05) is 18.2 Å². The van der Waals surface area contributed by atoms with Gasteiger partial charge in [-0.25, -0.2) is 10.9 Å². The van der Waals surface area contributed by atoms with E-state index in [9.17, 15) is 4.79 Å². The zero-order chi connectivity index (χ0) is 13.8. The third-order valence-electron chi connectivity index (χ3n) is 3.35. The Balaban J connectivity index is 1.53. The molecule has 0 bridgehead atoms. The van der Waals surface area contributed by atoms with Crippen LogP contribution in [0.25, 0.3) is 0 Å². The van der Waals surface area contributed by atoms with Crippen LogP contribution >= 0.6 is 0 Å². The number of aromatic nitrogens is 1. The minimum Gasteiger partial charge on any atom is -0.467 e. The van der Waals surface area contributed by atoms with Crippen molar-refractivity contribution in [2.75, 3.05) is 0 Å². The summed E-state index contributed by atoms with van der Waals surface area (Å²) >= 11 is 0. The Morgan fingerprint density at radius 1 is 1.35 bits per heavy atom. The predicted octanol–water partition coefficient (Wildman–Crippen LogP) is 0.899. The van der Waals surface area contributed by atoms with Gasteiger partial charge in [0.15, 0.2) is 0 Å². The Kier molecular flexibility index (Phi) is 3.76. The normalized spacial score (nSPS) is 21.8. The zero-order valence-electron chi connectivity index (χ0n) is 10.9. The quantitative estimate of drug-likeness (QED) is 0.770. The van der Waals surface area contributed by atoms with E-state index in [4.69, 9.17) is 4.42 Å². The number of carbonyl (C=O) groups is 1. The second kappa shape index (κ2) is 5.85. The average molecular weight is 272 g/mol. The molecule has 1 aliphatic heterocycles. The summed E-state index contributed by atoms with van der Waals surface area (Å²) in [6.07, 6.45) is 5.80. The molecule has 6 heteroatoms. The molecule has 2 atom stereocenters. The molecule has 1 amide bonds. The molecule has 3 N–H and O–H groups in total. The monoisotopic (exact) mass is 272 g/mol. The van der Waals surface area contributed by atoms with Crippen LogP contribution < -0.4 is 16.2 Å². The van der Waals surface area contributed by atoms with E-state index >= 15 is 0 Å². The van der Waals surface area contributed by atoms with Gasteiger partial charge in [0.25, 0.3) is 0 Å². The molecule has 1 saturated heterocycles. The minimum atomic E-state index is -0.247. The molecule has 2 aromatic rings. The molecule has 0 aromatic carbocycles. The molecule has 0 aliphatic carbocycles. The van der Waals surface area contributed by atoms with Crippen LogP contribution in [0.2, 0.25) is 0 Å². The third kappa shape index (κ3) is 2.87. The number of hydrogen-bond donors (Lipinski definition) is 3. The number of nitrogens with one attached hydrogen (secondary N) is 3. The van der Waals surface area contributed by atoms with Gasteiger partial charge in [-0.1, -0.05) is 0 Å². The SMILES string of the molecule is O=C(NCc1ccco1)C1CC(c2ccncc2)NN1. The topological polar surface area (TPSA) is 79.2 Å². The summed E-state index contributed by atoms with van der Waals surface area (Å²) in [5, 5.41) is 2.85. The van der Waals surface area contributed by atoms with E-state index in [1.54, 1.807) is 24.7 Å². The van der Waals surface area contributed by atoms with E-state index in [2.05, 4.69) is 21.2 Å². The van der Waals surface area contributed by atoms with Gasteiger partial charge in [0.1, 0.15) is 11.8 Å².